The summed E-state index contributed by atoms with van der Waals surface area (Å²) in [5.41, 5.74) is 19.8. The molecule has 8 bridgehead atoms. The van der Waals surface area contributed by atoms with E-state index in [0.717, 1.165) is 81.0 Å². The van der Waals surface area contributed by atoms with Gasteiger partial charge in [-0.25, -0.2) is 0 Å². The van der Waals surface area contributed by atoms with Crippen LogP contribution in [-0.2, 0) is 10.8 Å². The molecule has 0 unspecified atom stereocenters. The summed E-state index contributed by atoms with van der Waals surface area (Å²) in [6, 6.07) is 17.2. The number of aryl methyl sites for hydroxylation is 2. The van der Waals surface area contributed by atoms with Crippen LogP contribution in [0.3, 0.4) is 0 Å². The molecule has 0 aromatic heterocycles. The van der Waals surface area contributed by atoms with Gasteiger partial charge in [0.2, 0.25) is 0 Å². The van der Waals surface area contributed by atoms with E-state index >= 15 is 0 Å². The van der Waals surface area contributed by atoms with E-state index in [9.17, 15) is 0 Å². The molecule has 8 aliphatic carbocycles. The van der Waals surface area contributed by atoms with Crippen molar-refractivity contribution in [1.29, 1.82) is 0 Å². The highest BCUT2D eigenvalue weighted by atomic mass is 16.5. The predicted octanol–water partition coefficient (Wildman–Crippen LogP) is 9.99. The Kier molecular flexibility index (Phi) is 5.98. The number of nitrogens with two attached hydrogens (primary N) is 2. The normalized spacial score (nSPS) is 36.1. The van der Waals surface area contributed by atoms with E-state index in [1.54, 1.807) is 0 Å². The fourth-order valence-corrected chi connectivity index (χ4v) is 12.1. The number of hydrogen-bond acceptors (Lipinski definition) is 4. The molecule has 0 spiro atoms. The van der Waals surface area contributed by atoms with Crippen molar-refractivity contribution in [3.8, 4) is 23.0 Å². The topological polar surface area (TPSA) is 70.5 Å². The van der Waals surface area contributed by atoms with Crippen LogP contribution in [0.2, 0.25) is 0 Å². The van der Waals surface area contributed by atoms with Crippen LogP contribution in [0, 0.1) is 49.4 Å². The molecule has 0 saturated heterocycles. The molecule has 11 rings (SSSR count). The van der Waals surface area contributed by atoms with Gasteiger partial charge in [-0.2, -0.15) is 0 Å². The number of ether oxygens (including phenoxy) is 2. The first-order chi connectivity index (χ1) is 21.2. The molecule has 3 aromatic carbocycles. The van der Waals surface area contributed by atoms with Crippen LogP contribution >= 0.6 is 0 Å². The van der Waals surface area contributed by atoms with E-state index in [0.29, 0.717) is 0 Å². The third-order valence-corrected chi connectivity index (χ3v) is 13.3. The maximum atomic E-state index is 6.95. The Labute approximate surface area is 262 Å². The molecule has 0 aliphatic heterocycles. The van der Waals surface area contributed by atoms with Gasteiger partial charge in [0.25, 0.3) is 0 Å². The standard InChI is InChI=1S/C40H48N2O2/c1-23-3-5-31(13-35(23)41)43-37-16-38(44-32-6-4-24(2)36(42)14-32)34(40-20-28-10-29(21-40)12-30(11-28)22-40)15-33(37)39-17-25-7-26(18-39)9-27(8-25)19-39/h3-6,13-16,25-30H,7-12,17-22,41-42H2,1-2H3. The van der Waals surface area contributed by atoms with Crippen LogP contribution in [0.1, 0.15) is 99.3 Å². The molecule has 8 saturated carbocycles. The molecule has 8 fully saturated rings. The van der Waals surface area contributed by atoms with Gasteiger partial charge in [0, 0.05) is 40.7 Å². The van der Waals surface area contributed by atoms with Crippen molar-refractivity contribution in [3.63, 3.8) is 0 Å². The number of rotatable bonds is 6. The molecule has 4 N–H and O–H groups in total. The molecule has 8 aliphatic rings. The van der Waals surface area contributed by atoms with Crippen LogP contribution in [0.25, 0.3) is 0 Å². The second-order valence-electron chi connectivity index (χ2n) is 16.5. The fourth-order valence-electron chi connectivity index (χ4n) is 12.1. The molecule has 0 radical (unpaired) electrons. The van der Waals surface area contributed by atoms with Gasteiger partial charge in [-0.3, -0.25) is 0 Å². The van der Waals surface area contributed by atoms with E-state index < -0.39 is 0 Å². The van der Waals surface area contributed by atoms with Crippen molar-refractivity contribution in [2.75, 3.05) is 11.5 Å². The SMILES string of the molecule is Cc1ccc(Oc2cc(Oc3ccc(C)c(N)c3)c(C34CC5CC(CC(C5)C3)C4)cc2C23CC4CC(CC(C4)C2)C3)cc1N. The van der Waals surface area contributed by atoms with Gasteiger partial charge in [0.15, 0.2) is 0 Å². The fraction of sp³-hybridized carbons (Fsp3) is 0.550. The maximum Gasteiger partial charge on any atom is 0.134 e. The molecule has 3 aromatic rings. The summed E-state index contributed by atoms with van der Waals surface area (Å²) in [5, 5.41) is 0. The Hall–Kier alpha value is -3.14. The van der Waals surface area contributed by atoms with Crippen molar-refractivity contribution in [2.24, 2.45) is 35.5 Å². The molecule has 230 valence electrons. The lowest BCUT2D eigenvalue weighted by atomic mass is 9.46. The average molecular weight is 589 g/mol. The summed E-state index contributed by atoms with van der Waals surface area (Å²) in [7, 11) is 0. The van der Waals surface area contributed by atoms with Gasteiger partial charge >= 0.3 is 0 Å². The third-order valence-electron chi connectivity index (χ3n) is 13.3. The van der Waals surface area contributed by atoms with E-state index in [1.165, 1.54) is 88.2 Å². The van der Waals surface area contributed by atoms with Crippen LogP contribution in [-0.4, -0.2) is 0 Å². The van der Waals surface area contributed by atoms with Gasteiger partial charge in [0.05, 0.1) is 0 Å². The third kappa shape index (κ3) is 4.37. The highest BCUT2D eigenvalue weighted by Gasteiger charge is 2.55. The van der Waals surface area contributed by atoms with E-state index in [2.05, 4.69) is 50.2 Å². The first kappa shape index (κ1) is 27.2. The summed E-state index contributed by atoms with van der Waals surface area (Å²) in [4.78, 5) is 0. The minimum atomic E-state index is 0.199. The van der Waals surface area contributed by atoms with Gasteiger partial charge in [-0.15, -0.1) is 0 Å². The summed E-state index contributed by atoms with van der Waals surface area (Å²) < 4.78 is 13.9. The Morgan fingerprint density at radius 3 is 1.16 bits per heavy atom. The maximum absolute atomic E-state index is 6.95. The van der Waals surface area contributed by atoms with Gasteiger partial charge < -0.3 is 20.9 Å². The average Bonchev–Trinajstić information content (AvgIpc) is 2.95. The minimum absolute atomic E-state index is 0.199. The lowest BCUT2D eigenvalue weighted by Gasteiger charge is -2.58. The molecule has 0 atom stereocenters. The second kappa shape index (κ2) is 9.68. The minimum Gasteiger partial charge on any atom is -0.457 e. The Balaban J connectivity index is 1.23. The van der Waals surface area contributed by atoms with E-state index in [1.807, 2.05) is 12.1 Å². The predicted molar refractivity (Wildman–Crippen MR) is 177 cm³/mol. The molecule has 4 heteroatoms. The van der Waals surface area contributed by atoms with Crippen molar-refractivity contribution >= 4 is 11.4 Å². The Morgan fingerprint density at radius 2 is 0.841 bits per heavy atom. The molecule has 0 amide bonds. The van der Waals surface area contributed by atoms with Crippen LogP contribution in [0.5, 0.6) is 23.0 Å². The van der Waals surface area contributed by atoms with Crippen molar-refractivity contribution in [3.05, 3.63) is 70.8 Å². The molecule has 4 nitrogen and oxygen atoms in total. The second-order valence-corrected chi connectivity index (χ2v) is 16.5. The number of nitrogen functional groups attached to an aromatic ring is 2. The Morgan fingerprint density at radius 1 is 0.500 bits per heavy atom. The van der Waals surface area contributed by atoms with E-state index in [4.69, 9.17) is 20.9 Å². The van der Waals surface area contributed by atoms with Gasteiger partial charge in [-0.1, -0.05) is 12.1 Å². The smallest absolute Gasteiger partial charge is 0.134 e. The zero-order valence-electron chi connectivity index (χ0n) is 26.5. The monoisotopic (exact) mass is 588 g/mol. The van der Waals surface area contributed by atoms with Crippen LogP contribution < -0.4 is 20.9 Å². The molecular formula is C40H48N2O2. The largest absolute Gasteiger partial charge is 0.457 e. The van der Waals surface area contributed by atoms with Gasteiger partial charge in [-0.05, 0) is 167 Å². The lowest BCUT2D eigenvalue weighted by molar-refractivity contribution is -0.00937. The van der Waals surface area contributed by atoms with Crippen LogP contribution in [0.15, 0.2) is 48.5 Å². The zero-order chi connectivity index (χ0) is 29.8. The highest BCUT2D eigenvalue weighted by molar-refractivity contribution is 5.59. The van der Waals surface area contributed by atoms with Gasteiger partial charge in [0.1, 0.15) is 23.0 Å². The number of benzene rings is 3. The summed E-state index contributed by atoms with van der Waals surface area (Å²) in [6.07, 6.45) is 16.4. The molecule has 44 heavy (non-hydrogen) atoms. The molecular weight excluding hydrogens is 540 g/mol. The Bertz CT molecular complexity index is 1450. The number of anilines is 2. The van der Waals surface area contributed by atoms with E-state index in [-0.39, 0.29) is 10.8 Å². The first-order valence-electron chi connectivity index (χ1n) is 17.5. The summed E-state index contributed by atoms with van der Waals surface area (Å²) in [6.45, 7) is 4.11. The molecule has 0 heterocycles. The summed E-state index contributed by atoms with van der Waals surface area (Å²) in [5.74, 6) is 8.73. The van der Waals surface area contributed by atoms with Crippen molar-refractivity contribution in [1.82, 2.24) is 0 Å². The quantitative estimate of drug-likeness (QED) is 0.281. The van der Waals surface area contributed by atoms with Crippen molar-refractivity contribution in [2.45, 2.75) is 102 Å². The van der Waals surface area contributed by atoms with Crippen molar-refractivity contribution < 1.29 is 9.47 Å². The zero-order valence-corrected chi connectivity index (χ0v) is 26.5. The number of hydrogen-bond donors (Lipinski definition) is 2. The summed E-state index contributed by atoms with van der Waals surface area (Å²) >= 11 is 0. The first-order valence-corrected chi connectivity index (χ1v) is 17.5. The lowest BCUT2D eigenvalue weighted by Crippen LogP contribution is -2.50. The highest BCUT2D eigenvalue weighted by Crippen LogP contribution is 2.66. The van der Waals surface area contributed by atoms with Crippen LogP contribution in [0.4, 0.5) is 11.4 Å².